The number of amides is 4. The molecule has 178 valence electrons. The number of nitrogens with one attached hydrogen (secondary N) is 1. The van der Waals surface area contributed by atoms with Crippen molar-refractivity contribution in [1.29, 1.82) is 0 Å². The number of nitro groups is 1. The van der Waals surface area contributed by atoms with Gasteiger partial charge in [-0.25, -0.2) is 4.79 Å². The zero-order chi connectivity index (χ0) is 23.4. The Balaban J connectivity index is 0.00000324. The second-order valence-electron chi connectivity index (χ2n) is 7.86. The Morgan fingerprint density at radius 2 is 1.76 bits per heavy atom. The number of nitrogens with two attached hydrogens (primary N) is 1. The van der Waals surface area contributed by atoms with Crippen LogP contribution in [0.4, 0.5) is 16.2 Å². The van der Waals surface area contributed by atoms with Crippen LogP contribution in [0.3, 0.4) is 0 Å². The molecule has 0 aromatic heterocycles. The number of carbonyl (C=O) groups excluding carboxylic acids is 3. The summed E-state index contributed by atoms with van der Waals surface area (Å²) in [7, 11) is 0. The van der Waals surface area contributed by atoms with Crippen molar-refractivity contribution in [2.24, 2.45) is 0 Å². The van der Waals surface area contributed by atoms with Gasteiger partial charge in [0.25, 0.3) is 17.5 Å². The third-order valence-electron chi connectivity index (χ3n) is 5.72. The van der Waals surface area contributed by atoms with Gasteiger partial charge in [0, 0.05) is 29.9 Å². The van der Waals surface area contributed by atoms with E-state index in [2.05, 4.69) is 15.5 Å². The Kier molecular flexibility index (Phi) is 7.98. The van der Waals surface area contributed by atoms with Crippen molar-refractivity contribution in [3.8, 4) is 0 Å². The molecule has 2 aromatic rings. The average molecular weight is 486 g/mol. The molecule has 0 aliphatic carbocycles. The van der Waals surface area contributed by atoms with Gasteiger partial charge in [-0.2, -0.15) is 0 Å². The molecule has 10 nitrogen and oxygen atoms in total. The predicted octanol–water partition coefficient (Wildman–Crippen LogP) is -2.31. The van der Waals surface area contributed by atoms with Gasteiger partial charge < -0.3 is 22.6 Å². The van der Waals surface area contributed by atoms with Gasteiger partial charge in [-0.05, 0) is 24.1 Å². The zero-order valence-electron chi connectivity index (χ0n) is 18.3. The van der Waals surface area contributed by atoms with Crippen molar-refractivity contribution in [3.05, 3.63) is 75.3 Å². The molecule has 0 unspecified atom stereocenters. The van der Waals surface area contributed by atoms with Gasteiger partial charge >= 0.3 is 6.03 Å². The number of urea groups is 1. The quantitative estimate of drug-likeness (QED) is 0.205. The molecule has 0 spiro atoms. The number of barbiturate groups is 1. The SMILES string of the molecule is O=C1NC(=O)N(CCc2ccccc2)C(=O)/C1=C\c1cc([N+](=O)[O-])ccc1N1CC[NH2+]CC1.[Cl-]. The van der Waals surface area contributed by atoms with E-state index < -0.39 is 22.8 Å². The minimum Gasteiger partial charge on any atom is -1.00 e. The summed E-state index contributed by atoms with van der Waals surface area (Å²) < 4.78 is 0. The van der Waals surface area contributed by atoms with Crippen molar-refractivity contribution in [2.45, 2.75) is 6.42 Å². The van der Waals surface area contributed by atoms with E-state index in [1.165, 1.54) is 18.2 Å². The normalized spacial score (nSPS) is 17.4. The van der Waals surface area contributed by atoms with Crippen molar-refractivity contribution < 1.29 is 37.0 Å². The first-order valence-electron chi connectivity index (χ1n) is 10.7. The molecule has 3 N–H and O–H groups in total. The smallest absolute Gasteiger partial charge is 0.331 e. The third kappa shape index (κ3) is 5.41. The number of benzene rings is 2. The van der Waals surface area contributed by atoms with Crippen LogP contribution in [-0.2, 0) is 16.0 Å². The molecule has 4 rings (SSSR count). The first-order chi connectivity index (χ1) is 15.9. The van der Waals surface area contributed by atoms with E-state index in [0.717, 1.165) is 36.6 Å². The number of quaternary nitrogens is 1. The van der Waals surface area contributed by atoms with Crippen LogP contribution >= 0.6 is 0 Å². The molecule has 0 bridgehead atoms. The highest BCUT2D eigenvalue weighted by molar-refractivity contribution is 6.31. The summed E-state index contributed by atoms with van der Waals surface area (Å²) in [6, 6.07) is 13.0. The predicted molar refractivity (Wildman–Crippen MR) is 120 cm³/mol. The average Bonchev–Trinajstić information content (AvgIpc) is 2.82. The van der Waals surface area contributed by atoms with Crippen LogP contribution in [0.5, 0.6) is 0 Å². The summed E-state index contributed by atoms with van der Waals surface area (Å²) >= 11 is 0. The van der Waals surface area contributed by atoms with Gasteiger partial charge in [0.05, 0.1) is 31.1 Å². The molecule has 0 radical (unpaired) electrons. The lowest BCUT2D eigenvalue weighted by Crippen LogP contribution is -3.00. The molecule has 2 heterocycles. The molecular weight excluding hydrogens is 462 g/mol. The largest absolute Gasteiger partial charge is 1.00 e. The highest BCUT2D eigenvalue weighted by Crippen LogP contribution is 2.29. The summed E-state index contributed by atoms with van der Waals surface area (Å²) in [6.07, 6.45) is 1.79. The first-order valence-corrected chi connectivity index (χ1v) is 10.7. The van der Waals surface area contributed by atoms with E-state index in [1.807, 2.05) is 30.3 Å². The Bertz CT molecular complexity index is 1130. The van der Waals surface area contributed by atoms with Gasteiger partial charge in [-0.1, -0.05) is 30.3 Å². The molecule has 4 amide bonds. The van der Waals surface area contributed by atoms with E-state index in [-0.39, 0.29) is 30.2 Å². The van der Waals surface area contributed by atoms with Crippen LogP contribution in [0, 0.1) is 10.1 Å². The number of nitro benzene ring substituents is 1. The van der Waals surface area contributed by atoms with E-state index >= 15 is 0 Å². The van der Waals surface area contributed by atoms with Crippen molar-refractivity contribution in [1.82, 2.24) is 10.2 Å². The van der Waals surface area contributed by atoms with E-state index in [4.69, 9.17) is 0 Å². The van der Waals surface area contributed by atoms with E-state index in [0.29, 0.717) is 17.7 Å². The molecule has 2 aliphatic rings. The summed E-state index contributed by atoms with van der Waals surface area (Å²) in [5.41, 5.74) is 1.67. The van der Waals surface area contributed by atoms with Gasteiger partial charge in [-0.15, -0.1) is 0 Å². The number of halogens is 1. The number of piperazine rings is 1. The van der Waals surface area contributed by atoms with Gasteiger partial charge in [0.15, 0.2) is 0 Å². The fraction of sp³-hybridized carbons (Fsp3) is 0.261. The van der Waals surface area contributed by atoms with Crippen molar-refractivity contribution in [3.63, 3.8) is 0 Å². The topological polar surface area (TPSA) is 129 Å². The first kappa shape index (κ1) is 24.9. The van der Waals surface area contributed by atoms with Crippen LogP contribution < -0.4 is 27.9 Å². The second kappa shape index (κ2) is 10.9. The lowest BCUT2D eigenvalue weighted by Gasteiger charge is -2.29. The maximum Gasteiger partial charge on any atom is 0.331 e. The number of hydrogen-bond acceptors (Lipinski definition) is 6. The molecule has 0 atom stereocenters. The molecule has 2 fully saturated rings. The van der Waals surface area contributed by atoms with Crippen molar-refractivity contribution in [2.75, 3.05) is 37.6 Å². The Morgan fingerprint density at radius 3 is 2.44 bits per heavy atom. The molecule has 11 heteroatoms. The maximum absolute atomic E-state index is 13.1. The molecule has 0 saturated carbocycles. The molecule has 2 aliphatic heterocycles. The summed E-state index contributed by atoms with van der Waals surface area (Å²) in [5.74, 6) is -1.53. The van der Waals surface area contributed by atoms with Crippen LogP contribution in [0.2, 0.25) is 0 Å². The monoisotopic (exact) mass is 485 g/mol. The minimum atomic E-state index is -0.814. The lowest BCUT2D eigenvalue weighted by atomic mass is 10.0. The highest BCUT2D eigenvalue weighted by Gasteiger charge is 2.35. The summed E-state index contributed by atoms with van der Waals surface area (Å²) in [4.78, 5) is 51.9. The molecular formula is C23H24ClN5O5. The number of imide groups is 2. The third-order valence-corrected chi connectivity index (χ3v) is 5.72. The van der Waals surface area contributed by atoms with E-state index in [1.54, 1.807) is 6.07 Å². The summed E-state index contributed by atoms with van der Waals surface area (Å²) in [5, 5.41) is 15.7. The number of non-ortho nitro benzene ring substituents is 1. The number of rotatable bonds is 6. The molecule has 2 saturated heterocycles. The summed E-state index contributed by atoms with van der Waals surface area (Å²) in [6.45, 7) is 3.30. The molecule has 34 heavy (non-hydrogen) atoms. The highest BCUT2D eigenvalue weighted by atomic mass is 35.5. The van der Waals surface area contributed by atoms with Gasteiger partial charge in [-0.3, -0.25) is 29.9 Å². The van der Waals surface area contributed by atoms with Crippen LogP contribution in [0.15, 0.2) is 54.1 Å². The van der Waals surface area contributed by atoms with E-state index in [9.17, 15) is 24.5 Å². The van der Waals surface area contributed by atoms with Crippen LogP contribution in [-0.4, -0.2) is 60.4 Å². The number of hydrogen-bond donors (Lipinski definition) is 2. The fourth-order valence-electron chi connectivity index (χ4n) is 3.99. The minimum absolute atomic E-state index is 0. The number of nitrogens with zero attached hydrogens (tertiary/aromatic N) is 3. The number of carbonyl (C=O) groups is 3. The Hall–Kier alpha value is -3.76. The van der Waals surface area contributed by atoms with Crippen LogP contribution in [0.25, 0.3) is 6.08 Å². The number of anilines is 1. The van der Waals surface area contributed by atoms with Crippen molar-refractivity contribution >= 4 is 35.3 Å². The fourth-order valence-corrected chi connectivity index (χ4v) is 3.99. The zero-order valence-corrected chi connectivity index (χ0v) is 19.0. The van der Waals surface area contributed by atoms with Gasteiger partial charge in [0.2, 0.25) is 0 Å². The molecule has 2 aromatic carbocycles. The van der Waals surface area contributed by atoms with Gasteiger partial charge in [0.1, 0.15) is 5.57 Å². The van der Waals surface area contributed by atoms with Crippen LogP contribution in [0.1, 0.15) is 11.1 Å². The maximum atomic E-state index is 13.1. The standard InChI is InChI=1S/C23H23N5O5.ClH/c29-21-19(22(30)27(23(31)25-21)11-8-16-4-2-1-3-5-16)15-17-14-18(28(32)33)6-7-20(17)26-12-9-24-10-13-26;/h1-7,14-15,24H,8-13H2,(H,25,29,31);1H/b19-15-;. The lowest BCUT2D eigenvalue weighted by molar-refractivity contribution is -0.655. The Labute approximate surface area is 202 Å². The second-order valence-corrected chi connectivity index (χ2v) is 7.86. The Morgan fingerprint density at radius 1 is 1.06 bits per heavy atom.